The van der Waals surface area contributed by atoms with E-state index in [1.54, 1.807) is 7.11 Å². The topological polar surface area (TPSA) is 24.5 Å². The molecule has 102 valence electrons. The maximum atomic E-state index is 6.07. The molecular formula is C14H23ClN2O. The SMILES string of the molecule is COCCNCc1cc(Cl)ccc1N(C)C(C)C. The summed E-state index contributed by atoms with van der Waals surface area (Å²) in [5.41, 5.74) is 2.44. The van der Waals surface area contributed by atoms with Crippen molar-refractivity contribution in [2.24, 2.45) is 0 Å². The van der Waals surface area contributed by atoms with Crippen molar-refractivity contribution in [1.82, 2.24) is 5.32 Å². The lowest BCUT2D eigenvalue weighted by atomic mass is 10.1. The minimum Gasteiger partial charge on any atom is -0.383 e. The van der Waals surface area contributed by atoms with Crippen molar-refractivity contribution < 1.29 is 4.74 Å². The number of methoxy groups -OCH3 is 1. The Balaban J connectivity index is 2.76. The van der Waals surface area contributed by atoms with E-state index in [9.17, 15) is 0 Å². The van der Waals surface area contributed by atoms with Crippen LogP contribution in [-0.4, -0.2) is 33.4 Å². The molecule has 1 N–H and O–H groups in total. The largest absolute Gasteiger partial charge is 0.383 e. The van der Waals surface area contributed by atoms with Crippen LogP contribution in [0.15, 0.2) is 18.2 Å². The molecular weight excluding hydrogens is 248 g/mol. The van der Waals surface area contributed by atoms with Crippen LogP contribution < -0.4 is 10.2 Å². The lowest BCUT2D eigenvalue weighted by molar-refractivity contribution is 0.199. The van der Waals surface area contributed by atoms with Gasteiger partial charge in [-0.3, -0.25) is 0 Å². The average Bonchev–Trinajstić information content (AvgIpc) is 2.34. The quantitative estimate of drug-likeness (QED) is 0.771. The number of hydrogen-bond donors (Lipinski definition) is 1. The van der Waals surface area contributed by atoms with Crippen molar-refractivity contribution in [3.63, 3.8) is 0 Å². The van der Waals surface area contributed by atoms with Gasteiger partial charge < -0.3 is 15.0 Å². The third kappa shape index (κ3) is 4.48. The minimum absolute atomic E-state index is 0.462. The van der Waals surface area contributed by atoms with Crippen LogP contribution in [0.4, 0.5) is 5.69 Å². The molecule has 0 unspecified atom stereocenters. The van der Waals surface area contributed by atoms with Gasteiger partial charge in [0.1, 0.15) is 0 Å². The van der Waals surface area contributed by atoms with Crippen LogP contribution in [0.3, 0.4) is 0 Å². The summed E-state index contributed by atoms with van der Waals surface area (Å²) in [6, 6.07) is 6.50. The summed E-state index contributed by atoms with van der Waals surface area (Å²) in [7, 11) is 3.81. The maximum absolute atomic E-state index is 6.07. The van der Waals surface area contributed by atoms with Gasteiger partial charge in [0, 0.05) is 44.0 Å². The van der Waals surface area contributed by atoms with E-state index >= 15 is 0 Å². The van der Waals surface area contributed by atoms with Gasteiger partial charge in [-0.1, -0.05) is 11.6 Å². The molecule has 0 spiro atoms. The minimum atomic E-state index is 0.462. The van der Waals surface area contributed by atoms with Crippen LogP contribution in [0.1, 0.15) is 19.4 Å². The summed E-state index contributed by atoms with van der Waals surface area (Å²) in [6.07, 6.45) is 0. The van der Waals surface area contributed by atoms with Crippen LogP contribution in [0.5, 0.6) is 0 Å². The van der Waals surface area contributed by atoms with Gasteiger partial charge in [0.2, 0.25) is 0 Å². The zero-order chi connectivity index (χ0) is 13.5. The van der Waals surface area contributed by atoms with E-state index in [2.05, 4.69) is 37.2 Å². The summed E-state index contributed by atoms with van der Waals surface area (Å²) in [4.78, 5) is 2.25. The second-order valence-corrected chi connectivity index (χ2v) is 5.08. The van der Waals surface area contributed by atoms with Crippen LogP contribution in [0.2, 0.25) is 5.02 Å². The summed E-state index contributed by atoms with van der Waals surface area (Å²) in [5.74, 6) is 0. The molecule has 0 aliphatic heterocycles. The van der Waals surface area contributed by atoms with Gasteiger partial charge >= 0.3 is 0 Å². The maximum Gasteiger partial charge on any atom is 0.0587 e. The number of benzene rings is 1. The van der Waals surface area contributed by atoms with Crippen molar-refractivity contribution in [1.29, 1.82) is 0 Å². The lowest BCUT2D eigenvalue weighted by Crippen LogP contribution is -2.28. The molecule has 3 nitrogen and oxygen atoms in total. The smallest absolute Gasteiger partial charge is 0.0587 e. The first-order valence-electron chi connectivity index (χ1n) is 6.27. The number of halogens is 1. The number of nitrogens with zero attached hydrogens (tertiary/aromatic N) is 1. The second-order valence-electron chi connectivity index (χ2n) is 4.65. The summed E-state index contributed by atoms with van der Waals surface area (Å²) >= 11 is 6.07. The Hall–Kier alpha value is -0.770. The van der Waals surface area contributed by atoms with Gasteiger partial charge in [0.15, 0.2) is 0 Å². The van der Waals surface area contributed by atoms with Gasteiger partial charge in [-0.05, 0) is 37.6 Å². The first-order chi connectivity index (χ1) is 8.56. The highest BCUT2D eigenvalue weighted by Gasteiger charge is 2.10. The molecule has 1 aromatic rings. The molecule has 0 aromatic heterocycles. The summed E-state index contributed by atoms with van der Waals surface area (Å²) < 4.78 is 5.02. The molecule has 1 aromatic carbocycles. The first kappa shape index (κ1) is 15.3. The third-order valence-electron chi connectivity index (χ3n) is 2.99. The molecule has 1 rings (SSSR count). The Kier molecular flexibility index (Phi) is 6.47. The molecule has 0 saturated carbocycles. The molecule has 0 amide bonds. The van der Waals surface area contributed by atoms with E-state index in [1.165, 1.54) is 11.3 Å². The molecule has 0 atom stereocenters. The number of rotatable bonds is 7. The molecule has 0 aliphatic rings. The Morgan fingerprint density at radius 2 is 2.11 bits per heavy atom. The molecule has 0 saturated heterocycles. The van der Waals surface area contributed by atoms with Crippen LogP contribution >= 0.6 is 11.6 Å². The second kappa shape index (κ2) is 7.62. The highest BCUT2D eigenvalue weighted by atomic mass is 35.5. The number of ether oxygens (including phenoxy) is 1. The van der Waals surface area contributed by atoms with Crippen molar-refractivity contribution in [3.05, 3.63) is 28.8 Å². The molecule has 0 heterocycles. The van der Waals surface area contributed by atoms with E-state index in [0.717, 1.165) is 24.7 Å². The van der Waals surface area contributed by atoms with E-state index in [1.807, 2.05) is 12.1 Å². The van der Waals surface area contributed by atoms with E-state index in [4.69, 9.17) is 16.3 Å². The van der Waals surface area contributed by atoms with Crippen molar-refractivity contribution in [2.75, 3.05) is 32.2 Å². The Morgan fingerprint density at radius 3 is 2.72 bits per heavy atom. The van der Waals surface area contributed by atoms with Crippen LogP contribution in [-0.2, 0) is 11.3 Å². The summed E-state index contributed by atoms with van der Waals surface area (Å²) in [5, 5.41) is 4.13. The average molecular weight is 271 g/mol. The molecule has 0 aliphatic carbocycles. The van der Waals surface area contributed by atoms with E-state index < -0.39 is 0 Å². The fraction of sp³-hybridized carbons (Fsp3) is 0.571. The Morgan fingerprint density at radius 1 is 1.39 bits per heavy atom. The predicted octanol–water partition coefficient (Wildman–Crippen LogP) is 2.92. The van der Waals surface area contributed by atoms with Gasteiger partial charge in [-0.25, -0.2) is 0 Å². The van der Waals surface area contributed by atoms with Crippen LogP contribution in [0, 0.1) is 0 Å². The zero-order valence-corrected chi connectivity index (χ0v) is 12.4. The fourth-order valence-electron chi connectivity index (χ4n) is 1.72. The van der Waals surface area contributed by atoms with E-state index in [0.29, 0.717) is 6.04 Å². The van der Waals surface area contributed by atoms with Gasteiger partial charge in [-0.2, -0.15) is 0 Å². The number of anilines is 1. The van der Waals surface area contributed by atoms with Crippen molar-refractivity contribution in [3.8, 4) is 0 Å². The number of hydrogen-bond acceptors (Lipinski definition) is 3. The lowest BCUT2D eigenvalue weighted by Gasteiger charge is -2.26. The predicted molar refractivity (Wildman–Crippen MR) is 78.6 cm³/mol. The standard InChI is InChI=1S/C14H23ClN2O/c1-11(2)17(3)14-6-5-13(15)9-12(14)10-16-7-8-18-4/h5-6,9,11,16H,7-8,10H2,1-4H3. The fourth-order valence-corrected chi connectivity index (χ4v) is 1.91. The van der Waals surface area contributed by atoms with Crippen molar-refractivity contribution >= 4 is 17.3 Å². The normalized spacial score (nSPS) is 11.0. The monoisotopic (exact) mass is 270 g/mol. The van der Waals surface area contributed by atoms with Gasteiger partial charge in [-0.15, -0.1) is 0 Å². The number of nitrogens with one attached hydrogen (secondary N) is 1. The highest BCUT2D eigenvalue weighted by Crippen LogP contribution is 2.24. The van der Waals surface area contributed by atoms with E-state index in [-0.39, 0.29) is 0 Å². The molecule has 18 heavy (non-hydrogen) atoms. The van der Waals surface area contributed by atoms with Gasteiger partial charge in [0.05, 0.1) is 6.61 Å². The van der Waals surface area contributed by atoms with Crippen LogP contribution in [0.25, 0.3) is 0 Å². The molecule has 0 fully saturated rings. The first-order valence-corrected chi connectivity index (χ1v) is 6.65. The third-order valence-corrected chi connectivity index (χ3v) is 3.23. The zero-order valence-electron chi connectivity index (χ0n) is 11.7. The van der Waals surface area contributed by atoms with Gasteiger partial charge in [0.25, 0.3) is 0 Å². The molecule has 0 radical (unpaired) electrons. The highest BCUT2D eigenvalue weighted by molar-refractivity contribution is 6.30. The Labute approximate surface area is 115 Å². The van der Waals surface area contributed by atoms with Crippen molar-refractivity contribution in [2.45, 2.75) is 26.4 Å². The summed E-state index contributed by atoms with van der Waals surface area (Å²) in [6.45, 7) is 6.72. The molecule has 4 heteroatoms. The molecule has 0 bridgehead atoms. The Bertz CT molecular complexity index is 369.